The number of nitrogens with zero attached hydrogens (tertiary/aromatic N) is 2. The fraction of sp³-hybridized carbons (Fsp3) is 0.267. The van der Waals surface area contributed by atoms with Crippen LogP contribution in [0.3, 0.4) is 0 Å². The molecule has 0 bridgehead atoms. The Labute approximate surface area is 112 Å². The van der Waals surface area contributed by atoms with E-state index in [0.717, 1.165) is 12.1 Å². The molecular formula is C15H18N4. The van der Waals surface area contributed by atoms with Gasteiger partial charge in [-0.3, -0.25) is 5.10 Å². The molecule has 19 heavy (non-hydrogen) atoms. The van der Waals surface area contributed by atoms with Gasteiger partial charge in [0.05, 0.1) is 6.20 Å². The zero-order chi connectivity index (χ0) is 13.4. The lowest BCUT2D eigenvalue weighted by Crippen LogP contribution is -2.11. The van der Waals surface area contributed by atoms with Gasteiger partial charge in [0.2, 0.25) is 0 Å². The molecule has 0 unspecified atom stereocenters. The first-order valence-electron chi connectivity index (χ1n) is 6.40. The monoisotopic (exact) mass is 254 g/mol. The van der Waals surface area contributed by atoms with Crippen LogP contribution in [-0.4, -0.2) is 34.2 Å². The van der Waals surface area contributed by atoms with Gasteiger partial charge in [0.25, 0.3) is 0 Å². The summed E-state index contributed by atoms with van der Waals surface area (Å²) < 4.78 is 0. The van der Waals surface area contributed by atoms with Crippen LogP contribution in [0.2, 0.25) is 0 Å². The van der Waals surface area contributed by atoms with Crippen molar-refractivity contribution in [3.05, 3.63) is 41.9 Å². The van der Waals surface area contributed by atoms with Crippen molar-refractivity contribution in [2.45, 2.75) is 13.5 Å². The molecule has 2 heterocycles. The first-order valence-corrected chi connectivity index (χ1v) is 6.40. The first kappa shape index (κ1) is 12.0. The second kappa shape index (κ2) is 4.55. The summed E-state index contributed by atoms with van der Waals surface area (Å²) in [4.78, 5) is 5.67. The zero-order valence-corrected chi connectivity index (χ0v) is 11.5. The largest absolute Gasteiger partial charge is 0.358 e. The number of nitrogens with one attached hydrogen (secondary N) is 2. The van der Waals surface area contributed by atoms with E-state index < -0.39 is 0 Å². The van der Waals surface area contributed by atoms with E-state index in [1.165, 1.54) is 27.7 Å². The molecule has 0 aliphatic carbocycles. The van der Waals surface area contributed by atoms with Crippen molar-refractivity contribution in [3.63, 3.8) is 0 Å². The average Bonchev–Trinajstić information content (AvgIpc) is 2.97. The van der Waals surface area contributed by atoms with Gasteiger partial charge in [0.1, 0.15) is 0 Å². The van der Waals surface area contributed by atoms with Gasteiger partial charge >= 0.3 is 0 Å². The fourth-order valence-corrected chi connectivity index (χ4v) is 2.50. The molecule has 4 heteroatoms. The van der Waals surface area contributed by atoms with Gasteiger partial charge in [-0.25, -0.2) is 0 Å². The highest BCUT2D eigenvalue weighted by molar-refractivity contribution is 5.88. The number of aryl methyl sites for hydroxylation is 1. The lowest BCUT2D eigenvalue weighted by Gasteiger charge is -2.09. The molecule has 1 aromatic carbocycles. The molecule has 0 saturated heterocycles. The molecule has 0 amide bonds. The Bertz CT molecular complexity index is 692. The summed E-state index contributed by atoms with van der Waals surface area (Å²) in [6, 6.07) is 6.53. The number of aromatic amines is 2. The van der Waals surface area contributed by atoms with E-state index in [1.54, 1.807) is 0 Å². The molecule has 0 radical (unpaired) electrons. The summed E-state index contributed by atoms with van der Waals surface area (Å²) >= 11 is 0. The van der Waals surface area contributed by atoms with Crippen LogP contribution >= 0.6 is 0 Å². The third kappa shape index (κ3) is 2.15. The number of aromatic nitrogens is 3. The van der Waals surface area contributed by atoms with Crippen LogP contribution in [-0.2, 0) is 6.54 Å². The van der Waals surface area contributed by atoms with Crippen molar-refractivity contribution in [1.82, 2.24) is 20.1 Å². The predicted octanol–water partition coefficient (Wildman–Crippen LogP) is 2.93. The SMILES string of the molecule is Cc1[nH]c2cc(-c3cn[nH]c3)ccc2c1CN(C)C. The lowest BCUT2D eigenvalue weighted by molar-refractivity contribution is 0.403. The summed E-state index contributed by atoms with van der Waals surface area (Å²) in [5.41, 5.74) is 6.10. The second-order valence-electron chi connectivity index (χ2n) is 5.21. The highest BCUT2D eigenvalue weighted by Crippen LogP contribution is 2.27. The number of H-pyrrole nitrogens is 2. The minimum Gasteiger partial charge on any atom is -0.358 e. The number of rotatable bonds is 3. The first-order chi connectivity index (χ1) is 9.15. The van der Waals surface area contributed by atoms with E-state index in [9.17, 15) is 0 Å². The summed E-state index contributed by atoms with van der Waals surface area (Å²) in [5.74, 6) is 0. The van der Waals surface area contributed by atoms with Crippen LogP contribution in [0.25, 0.3) is 22.0 Å². The molecule has 0 atom stereocenters. The van der Waals surface area contributed by atoms with E-state index in [0.29, 0.717) is 0 Å². The van der Waals surface area contributed by atoms with Gasteiger partial charge < -0.3 is 9.88 Å². The van der Waals surface area contributed by atoms with Gasteiger partial charge in [-0.2, -0.15) is 5.10 Å². The summed E-state index contributed by atoms with van der Waals surface area (Å²) in [6.45, 7) is 3.09. The maximum Gasteiger partial charge on any atom is 0.0565 e. The molecular weight excluding hydrogens is 236 g/mol. The van der Waals surface area contributed by atoms with Gasteiger partial charge in [-0.15, -0.1) is 0 Å². The maximum atomic E-state index is 4.00. The van der Waals surface area contributed by atoms with Gasteiger partial charge in [-0.1, -0.05) is 12.1 Å². The number of hydrogen-bond donors (Lipinski definition) is 2. The lowest BCUT2D eigenvalue weighted by atomic mass is 10.1. The van der Waals surface area contributed by atoms with Crippen LogP contribution in [0, 0.1) is 6.92 Å². The summed E-state index contributed by atoms with van der Waals surface area (Å²) in [7, 11) is 4.19. The Kier molecular flexibility index (Phi) is 2.87. The van der Waals surface area contributed by atoms with E-state index in [-0.39, 0.29) is 0 Å². The molecule has 98 valence electrons. The topological polar surface area (TPSA) is 47.7 Å². The van der Waals surface area contributed by atoms with E-state index in [2.05, 4.69) is 59.3 Å². The normalized spacial score (nSPS) is 11.6. The van der Waals surface area contributed by atoms with Crippen molar-refractivity contribution in [2.24, 2.45) is 0 Å². The molecule has 4 nitrogen and oxygen atoms in total. The van der Waals surface area contributed by atoms with Crippen molar-refractivity contribution >= 4 is 10.9 Å². The van der Waals surface area contributed by atoms with Gasteiger partial charge in [0.15, 0.2) is 0 Å². The summed E-state index contributed by atoms with van der Waals surface area (Å²) in [5, 5.41) is 8.16. The molecule has 0 spiro atoms. The van der Waals surface area contributed by atoms with Crippen LogP contribution in [0.1, 0.15) is 11.3 Å². The number of hydrogen-bond acceptors (Lipinski definition) is 2. The molecule has 0 aliphatic rings. The third-order valence-electron chi connectivity index (χ3n) is 3.43. The highest BCUT2D eigenvalue weighted by atomic mass is 15.1. The molecule has 0 aliphatic heterocycles. The second-order valence-corrected chi connectivity index (χ2v) is 5.21. The van der Waals surface area contributed by atoms with E-state index in [4.69, 9.17) is 0 Å². The van der Waals surface area contributed by atoms with Crippen molar-refractivity contribution in [2.75, 3.05) is 14.1 Å². The Morgan fingerprint density at radius 1 is 1.21 bits per heavy atom. The van der Waals surface area contributed by atoms with Crippen molar-refractivity contribution in [3.8, 4) is 11.1 Å². The maximum absolute atomic E-state index is 4.00. The van der Waals surface area contributed by atoms with Crippen LogP contribution in [0.4, 0.5) is 0 Å². The molecule has 2 aromatic heterocycles. The smallest absolute Gasteiger partial charge is 0.0565 e. The van der Waals surface area contributed by atoms with Gasteiger partial charge in [0, 0.05) is 34.9 Å². The van der Waals surface area contributed by atoms with Gasteiger partial charge in [-0.05, 0) is 38.2 Å². The minimum absolute atomic E-state index is 0.955. The van der Waals surface area contributed by atoms with Crippen LogP contribution in [0.15, 0.2) is 30.6 Å². The van der Waals surface area contributed by atoms with E-state index in [1.807, 2.05) is 12.4 Å². The van der Waals surface area contributed by atoms with E-state index >= 15 is 0 Å². The Morgan fingerprint density at radius 3 is 2.74 bits per heavy atom. The van der Waals surface area contributed by atoms with Crippen molar-refractivity contribution < 1.29 is 0 Å². The molecule has 0 fully saturated rings. The number of fused-ring (bicyclic) bond motifs is 1. The average molecular weight is 254 g/mol. The molecule has 0 saturated carbocycles. The van der Waals surface area contributed by atoms with Crippen molar-refractivity contribution in [1.29, 1.82) is 0 Å². The summed E-state index contributed by atoms with van der Waals surface area (Å²) in [6.07, 6.45) is 3.76. The zero-order valence-electron chi connectivity index (χ0n) is 11.5. The quantitative estimate of drug-likeness (QED) is 0.755. The minimum atomic E-state index is 0.955. The Hall–Kier alpha value is -2.07. The Balaban J connectivity index is 2.10. The third-order valence-corrected chi connectivity index (χ3v) is 3.43. The fourth-order valence-electron chi connectivity index (χ4n) is 2.50. The van der Waals surface area contributed by atoms with Crippen LogP contribution < -0.4 is 0 Å². The molecule has 2 N–H and O–H groups in total. The number of benzene rings is 1. The van der Waals surface area contributed by atoms with Crippen LogP contribution in [0.5, 0.6) is 0 Å². The highest BCUT2D eigenvalue weighted by Gasteiger charge is 2.10. The standard InChI is InChI=1S/C15H18N4/c1-10-14(9-19(2)3)13-5-4-11(6-15(13)18-10)12-7-16-17-8-12/h4-8,18H,9H2,1-3H3,(H,16,17). The molecule has 3 aromatic rings. The Morgan fingerprint density at radius 2 is 2.05 bits per heavy atom. The predicted molar refractivity (Wildman–Crippen MR) is 78.0 cm³/mol. The molecule has 3 rings (SSSR count).